The second-order valence-electron chi connectivity index (χ2n) is 4.38. The maximum absolute atomic E-state index is 12.6. The molecule has 4 N–H and O–H groups in total. The summed E-state index contributed by atoms with van der Waals surface area (Å²) in [7, 11) is 0. The highest BCUT2D eigenvalue weighted by Gasteiger charge is 2.38. The topological polar surface area (TPSA) is 110 Å². The minimum absolute atomic E-state index is 0.0398. The van der Waals surface area contributed by atoms with E-state index in [1.165, 1.54) is 0 Å². The number of hydrogen-bond acceptors (Lipinski definition) is 5. The van der Waals surface area contributed by atoms with Gasteiger partial charge in [0.25, 0.3) is 5.56 Å². The van der Waals surface area contributed by atoms with Crippen molar-refractivity contribution in [3.8, 4) is 0 Å². The van der Waals surface area contributed by atoms with E-state index in [2.05, 4.69) is 0 Å². The van der Waals surface area contributed by atoms with Gasteiger partial charge in [0.1, 0.15) is 11.8 Å². The van der Waals surface area contributed by atoms with Crippen molar-refractivity contribution in [3.05, 3.63) is 32.6 Å². The maximum Gasteiger partial charge on any atom is 0.423 e. The number of ether oxygens (including phenoxy) is 1. The Kier molecular flexibility index (Phi) is 3.71. The fourth-order valence-corrected chi connectivity index (χ4v) is 2.00. The first-order valence-corrected chi connectivity index (χ1v) is 5.70. The average molecular weight is 295 g/mol. The predicted octanol–water partition coefficient (Wildman–Crippen LogP) is -0.838. The molecule has 0 amide bonds. The molecule has 1 aromatic rings. The molecule has 1 saturated heterocycles. The minimum atomic E-state index is -4.90. The molecule has 1 fully saturated rings. The number of aromatic nitrogens is 2. The van der Waals surface area contributed by atoms with Crippen LogP contribution in [0.2, 0.25) is 0 Å². The van der Waals surface area contributed by atoms with Crippen molar-refractivity contribution in [2.75, 3.05) is 6.54 Å². The first-order valence-electron chi connectivity index (χ1n) is 5.70. The molecular weight excluding hydrogens is 283 g/mol. The molecule has 0 spiro atoms. The van der Waals surface area contributed by atoms with E-state index in [1.807, 2.05) is 0 Å². The molecule has 0 saturated carbocycles. The van der Waals surface area contributed by atoms with E-state index in [-0.39, 0.29) is 13.0 Å². The van der Waals surface area contributed by atoms with E-state index in [1.54, 1.807) is 4.98 Å². The van der Waals surface area contributed by atoms with E-state index in [0.29, 0.717) is 10.8 Å². The van der Waals surface area contributed by atoms with Crippen LogP contribution in [-0.2, 0) is 10.9 Å². The smallest absolute Gasteiger partial charge is 0.390 e. The molecule has 7 nitrogen and oxygen atoms in total. The summed E-state index contributed by atoms with van der Waals surface area (Å²) >= 11 is 0. The number of nitrogens with zero attached hydrogens (tertiary/aromatic N) is 1. The molecule has 1 aliphatic heterocycles. The molecule has 20 heavy (non-hydrogen) atoms. The highest BCUT2D eigenvalue weighted by atomic mass is 19.4. The number of aliphatic hydroxyl groups is 1. The van der Waals surface area contributed by atoms with E-state index >= 15 is 0 Å². The van der Waals surface area contributed by atoms with Crippen LogP contribution in [0.3, 0.4) is 0 Å². The number of aromatic amines is 1. The second kappa shape index (κ2) is 5.04. The monoisotopic (exact) mass is 295 g/mol. The number of H-pyrrole nitrogens is 1. The Hall–Kier alpha value is -1.65. The Balaban J connectivity index is 2.43. The molecule has 0 bridgehead atoms. The molecule has 112 valence electrons. The SMILES string of the molecule is NC[C@H]1O[C@@H](n2cc(C(F)(F)F)c(=O)[nH]c2=O)C[C@@H]1O. The zero-order chi connectivity index (χ0) is 15.1. The minimum Gasteiger partial charge on any atom is -0.390 e. The van der Waals surface area contributed by atoms with Crippen LogP contribution < -0.4 is 17.0 Å². The quantitative estimate of drug-likeness (QED) is 0.659. The molecule has 3 atom stereocenters. The standard InChI is InChI=1S/C10H12F3N3O4/c11-10(12,13)4-3-16(9(19)15-8(4)18)7-1-5(17)6(2-14)20-7/h3,5-7,17H,1-2,14H2,(H,15,18,19)/t5-,6+,7+/m0/s1. The largest absolute Gasteiger partial charge is 0.423 e. The van der Waals surface area contributed by atoms with Gasteiger partial charge in [0.05, 0.1) is 12.2 Å². The lowest BCUT2D eigenvalue weighted by atomic mass is 10.2. The zero-order valence-electron chi connectivity index (χ0n) is 10.1. The van der Waals surface area contributed by atoms with Gasteiger partial charge in [-0.15, -0.1) is 0 Å². The lowest BCUT2D eigenvalue weighted by molar-refractivity contribution is -0.139. The van der Waals surface area contributed by atoms with Gasteiger partial charge in [-0.25, -0.2) is 4.79 Å². The molecule has 0 aliphatic carbocycles. The van der Waals surface area contributed by atoms with Gasteiger partial charge in [-0.05, 0) is 0 Å². The zero-order valence-corrected chi connectivity index (χ0v) is 10.1. The Morgan fingerprint density at radius 1 is 1.50 bits per heavy atom. The second-order valence-corrected chi connectivity index (χ2v) is 4.38. The molecule has 2 rings (SSSR count). The Labute approximate surface area is 109 Å². The van der Waals surface area contributed by atoms with Gasteiger partial charge in [0, 0.05) is 19.2 Å². The van der Waals surface area contributed by atoms with Crippen LogP contribution in [0.5, 0.6) is 0 Å². The number of hydrogen-bond donors (Lipinski definition) is 3. The van der Waals surface area contributed by atoms with Gasteiger partial charge >= 0.3 is 11.9 Å². The molecule has 0 unspecified atom stereocenters. The van der Waals surface area contributed by atoms with E-state index in [4.69, 9.17) is 10.5 Å². The number of nitrogens with one attached hydrogen (secondary N) is 1. The van der Waals surface area contributed by atoms with Crippen molar-refractivity contribution in [1.82, 2.24) is 9.55 Å². The van der Waals surface area contributed by atoms with Gasteiger partial charge in [-0.1, -0.05) is 0 Å². The summed E-state index contributed by atoms with van der Waals surface area (Å²) < 4.78 is 43.7. The maximum atomic E-state index is 12.6. The highest BCUT2D eigenvalue weighted by molar-refractivity contribution is 5.09. The lowest BCUT2D eigenvalue weighted by Gasteiger charge is -2.16. The van der Waals surface area contributed by atoms with Gasteiger partial charge in [-0.2, -0.15) is 13.2 Å². The third-order valence-corrected chi connectivity index (χ3v) is 3.02. The van der Waals surface area contributed by atoms with Crippen LogP contribution in [0.1, 0.15) is 18.2 Å². The molecule has 0 aromatic carbocycles. The number of alkyl halides is 3. The molecule has 1 aliphatic rings. The van der Waals surface area contributed by atoms with Gasteiger partial charge in [0.15, 0.2) is 0 Å². The number of aliphatic hydroxyl groups excluding tert-OH is 1. The lowest BCUT2D eigenvalue weighted by Crippen LogP contribution is -2.36. The van der Waals surface area contributed by atoms with E-state index < -0.39 is 41.4 Å². The van der Waals surface area contributed by atoms with E-state index in [0.717, 1.165) is 0 Å². The first kappa shape index (κ1) is 14.8. The molecule has 0 radical (unpaired) electrons. The van der Waals surface area contributed by atoms with Gasteiger partial charge in [-0.3, -0.25) is 14.3 Å². The van der Waals surface area contributed by atoms with Crippen LogP contribution in [0, 0.1) is 0 Å². The van der Waals surface area contributed by atoms with Crippen LogP contribution in [0.25, 0.3) is 0 Å². The number of nitrogens with two attached hydrogens (primary N) is 1. The van der Waals surface area contributed by atoms with Crippen molar-refractivity contribution < 1.29 is 23.0 Å². The van der Waals surface area contributed by atoms with Crippen molar-refractivity contribution in [3.63, 3.8) is 0 Å². The predicted molar refractivity (Wildman–Crippen MR) is 59.9 cm³/mol. The summed E-state index contributed by atoms with van der Waals surface area (Å²) in [6, 6.07) is 0. The summed E-state index contributed by atoms with van der Waals surface area (Å²) in [4.78, 5) is 24.3. The van der Waals surface area contributed by atoms with Crippen LogP contribution in [0.4, 0.5) is 13.2 Å². The molecule has 10 heteroatoms. The fourth-order valence-electron chi connectivity index (χ4n) is 2.00. The summed E-state index contributed by atoms with van der Waals surface area (Å²) in [6.45, 7) is -0.0398. The third kappa shape index (κ3) is 2.62. The Morgan fingerprint density at radius 3 is 2.65 bits per heavy atom. The third-order valence-electron chi connectivity index (χ3n) is 3.02. The van der Waals surface area contributed by atoms with Crippen molar-refractivity contribution in [2.24, 2.45) is 5.73 Å². The number of rotatable bonds is 2. The van der Waals surface area contributed by atoms with Crippen molar-refractivity contribution >= 4 is 0 Å². The first-order chi connectivity index (χ1) is 9.24. The molecule has 1 aromatic heterocycles. The molecule has 2 heterocycles. The molecular formula is C10H12F3N3O4. The van der Waals surface area contributed by atoms with Crippen molar-refractivity contribution in [1.29, 1.82) is 0 Å². The van der Waals surface area contributed by atoms with Crippen molar-refractivity contribution in [2.45, 2.75) is 31.0 Å². The summed E-state index contributed by atoms with van der Waals surface area (Å²) in [5, 5.41) is 9.58. The summed E-state index contributed by atoms with van der Waals surface area (Å²) in [5.74, 6) is 0. The number of halogens is 3. The summed E-state index contributed by atoms with van der Waals surface area (Å²) in [5.41, 5.74) is 1.24. The average Bonchev–Trinajstić information content (AvgIpc) is 2.68. The van der Waals surface area contributed by atoms with Crippen LogP contribution >= 0.6 is 0 Å². The Morgan fingerprint density at radius 2 is 2.15 bits per heavy atom. The van der Waals surface area contributed by atoms with Gasteiger partial charge < -0.3 is 15.6 Å². The summed E-state index contributed by atoms with van der Waals surface area (Å²) in [6.07, 6.45) is -7.47. The fraction of sp³-hybridized carbons (Fsp3) is 0.600. The van der Waals surface area contributed by atoms with Crippen LogP contribution in [-0.4, -0.2) is 33.4 Å². The van der Waals surface area contributed by atoms with Crippen LogP contribution in [0.15, 0.2) is 15.8 Å². The Bertz CT molecular complexity index is 609. The highest BCUT2D eigenvalue weighted by Crippen LogP contribution is 2.29. The van der Waals surface area contributed by atoms with E-state index in [9.17, 15) is 27.9 Å². The van der Waals surface area contributed by atoms with Gasteiger partial charge in [0.2, 0.25) is 0 Å². The normalized spacial score (nSPS) is 26.9.